The molecule has 0 bridgehead atoms. The Labute approximate surface area is 149 Å². The zero-order valence-corrected chi connectivity index (χ0v) is 14.3. The number of rotatable bonds is 6. The Hall–Kier alpha value is -2.79. The Morgan fingerprint density at radius 1 is 1.12 bits per heavy atom. The van der Waals surface area contributed by atoms with Gasteiger partial charge in [0.1, 0.15) is 5.82 Å². The third kappa shape index (κ3) is 5.36. The zero-order valence-electron chi connectivity index (χ0n) is 13.5. The molecule has 0 atom stereocenters. The van der Waals surface area contributed by atoms with Crippen LogP contribution in [0.3, 0.4) is 0 Å². The summed E-state index contributed by atoms with van der Waals surface area (Å²) in [7, 11) is 0. The van der Waals surface area contributed by atoms with Gasteiger partial charge in [0, 0.05) is 17.9 Å². The molecule has 0 unspecified atom stereocenters. The first-order valence-corrected chi connectivity index (χ1v) is 8.76. The van der Waals surface area contributed by atoms with Crippen LogP contribution in [-0.4, -0.2) is 10.9 Å². The molecule has 1 N–H and O–H groups in total. The lowest BCUT2D eigenvalue weighted by molar-refractivity contribution is -0.116. The molecule has 0 aliphatic carbocycles. The molecule has 1 amide bonds. The van der Waals surface area contributed by atoms with Crippen LogP contribution in [0.15, 0.2) is 66.1 Å². The second-order valence-corrected chi connectivity index (χ2v) is 6.44. The number of nitrogens with one attached hydrogen (secondary N) is 1. The van der Waals surface area contributed by atoms with E-state index in [1.807, 2.05) is 23.6 Å². The predicted molar refractivity (Wildman–Crippen MR) is 98.6 cm³/mol. The lowest BCUT2D eigenvalue weighted by Crippen LogP contribution is -2.20. The summed E-state index contributed by atoms with van der Waals surface area (Å²) >= 11 is 1.59. The third-order valence-corrected chi connectivity index (χ3v) is 4.44. The fourth-order valence-electron chi connectivity index (χ4n) is 2.26. The van der Waals surface area contributed by atoms with E-state index in [0.717, 1.165) is 22.7 Å². The van der Waals surface area contributed by atoms with Gasteiger partial charge < -0.3 is 5.32 Å². The number of aromatic nitrogens is 1. The van der Waals surface area contributed by atoms with Crippen molar-refractivity contribution in [3.8, 4) is 0 Å². The van der Waals surface area contributed by atoms with Gasteiger partial charge in [-0.2, -0.15) is 0 Å². The number of halogens is 1. The quantitative estimate of drug-likeness (QED) is 0.676. The highest BCUT2D eigenvalue weighted by Gasteiger charge is 2.04. The molecule has 5 heteroatoms. The molecule has 1 heterocycles. The van der Waals surface area contributed by atoms with E-state index in [-0.39, 0.29) is 11.7 Å². The molecule has 3 nitrogen and oxygen atoms in total. The van der Waals surface area contributed by atoms with Crippen LogP contribution < -0.4 is 5.32 Å². The van der Waals surface area contributed by atoms with E-state index in [1.165, 1.54) is 23.8 Å². The molecular weight excluding hydrogens is 335 g/mol. The molecule has 0 aliphatic heterocycles. The summed E-state index contributed by atoms with van der Waals surface area (Å²) < 4.78 is 12.8. The summed E-state index contributed by atoms with van der Waals surface area (Å²) in [6, 6.07) is 16.1. The fraction of sp³-hybridized carbons (Fsp3) is 0.100. The smallest absolute Gasteiger partial charge is 0.244 e. The first-order chi connectivity index (χ1) is 12.2. The molecule has 126 valence electrons. The maximum absolute atomic E-state index is 12.8. The van der Waals surface area contributed by atoms with E-state index in [4.69, 9.17) is 0 Å². The average Bonchev–Trinajstić information content (AvgIpc) is 3.08. The molecule has 0 fully saturated rings. The first-order valence-electron chi connectivity index (χ1n) is 7.88. The van der Waals surface area contributed by atoms with Crippen molar-refractivity contribution in [2.24, 2.45) is 0 Å². The highest BCUT2D eigenvalue weighted by molar-refractivity contribution is 7.09. The zero-order chi connectivity index (χ0) is 17.5. The predicted octanol–water partition coefficient (Wildman–Crippen LogP) is 4.20. The number of nitrogens with zero attached hydrogens (tertiary/aromatic N) is 1. The molecule has 3 rings (SSSR count). The van der Waals surface area contributed by atoms with E-state index in [1.54, 1.807) is 29.5 Å². The molecule has 0 aliphatic rings. The molecule has 2 aromatic carbocycles. The molecule has 1 aromatic heterocycles. The molecule has 0 saturated heterocycles. The molecule has 0 radical (unpaired) electrons. The van der Waals surface area contributed by atoms with Gasteiger partial charge >= 0.3 is 0 Å². The Morgan fingerprint density at radius 2 is 1.88 bits per heavy atom. The van der Waals surface area contributed by atoms with Gasteiger partial charge in [0.15, 0.2) is 0 Å². The molecule has 25 heavy (non-hydrogen) atoms. The van der Waals surface area contributed by atoms with Crippen molar-refractivity contribution in [2.45, 2.75) is 13.0 Å². The monoisotopic (exact) mass is 352 g/mol. The third-order valence-electron chi connectivity index (χ3n) is 3.54. The van der Waals surface area contributed by atoms with Crippen molar-refractivity contribution < 1.29 is 9.18 Å². The normalized spacial score (nSPS) is 10.9. The minimum Gasteiger partial charge on any atom is -0.347 e. The minimum absolute atomic E-state index is 0.207. The Kier molecular flexibility index (Phi) is 5.69. The van der Waals surface area contributed by atoms with Gasteiger partial charge in [-0.1, -0.05) is 42.5 Å². The van der Waals surface area contributed by atoms with Crippen molar-refractivity contribution in [1.82, 2.24) is 10.3 Å². The summed E-state index contributed by atoms with van der Waals surface area (Å²) in [5, 5.41) is 5.79. The van der Waals surface area contributed by atoms with Crippen molar-refractivity contribution in [3.05, 3.63) is 93.7 Å². The summed E-state index contributed by atoms with van der Waals surface area (Å²) in [4.78, 5) is 16.4. The first kappa shape index (κ1) is 17.0. The Bertz CT molecular complexity index is 857. The van der Waals surface area contributed by atoms with E-state index >= 15 is 0 Å². The topological polar surface area (TPSA) is 42.0 Å². The van der Waals surface area contributed by atoms with E-state index in [9.17, 15) is 9.18 Å². The summed E-state index contributed by atoms with van der Waals surface area (Å²) in [6.45, 7) is 0.387. The SMILES string of the molecule is O=C(/C=C/c1ccc(F)cc1)NCc1csc(Cc2ccccc2)n1. The fourth-order valence-corrected chi connectivity index (χ4v) is 3.09. The number of amides is 1. The molecule has 0 saturated carbocycles. The van der Waals surface area contributed by atoms with Crippen LogP contribution in [0.2, 0.25) is 0 Å². The van der Waals surface area contributed by atoms with Crippen LogP contribution in [0, 0.1) is 5.82 Å². The van der Waals surface area contributed by atoms with Crippen molar-refractivity contribution in [2.75, 3.05) is 0 Å². The van der Waals surface area contributed by atoms with Crippen LogP contribution in [0.1, 0.15) is 21.8 Å². The largest absolute Gasteiger partial charge is 0.347 e. The van der Waals surface area contributed by atoms with E-state index < -0.39 is 0 Å². The summed E-state index contributed by atoms with van der Waals surface area (Å²) in [6.07, 6.45) is 3.88. The minimum atomic E-state index is -0.295. The lowest BCUT2D eigenvalue weighted by atomic mass is 10.2. The number of thiazole rings is 1. The highest BCUT2D eigenvalue weighted by Crippen LogP contribution is 2.14. The van der Waals surface area contributed by atoms with E-state index in [0.29, 0.717) is 6.54 Å². The van der Waals surface area contributed by atoms with Crippen LogP contribution in [-0.2, 0) is 17.8 Å². The molecule has 3 aromatic rings. The number of benzene rings is 2. The van der Waals surface area contributed by atoms with Crippen LogP contribution >= 0.6 is 11.3 Å². The van der Waals surface area contributed by atoms with Gasteiger partial charge in [-0.05, 0) is 29.3 Å². The van der Waals surface area contributed by atoms with Crippen molar-refractivity contribution in [3.63, 3.8) is 0 Å². The average molecular weight is 352 g/mol. The number of hydrogen-bond donors (Lipinski definition) is 1. The van der Waals surface area contributed by atoms with Crippen LogP contribution in [0.4, 0.5) is 4.39 Å². The van der Waals surface area contributed by atoms with Gasteiger partial charge in [0.05, 0.1) is 17.2 Å². The lowest BCUT2D eigenvalue weighted by Gasteiger charge is -1.99. The van der Waals surface area contributed by atoms with Gasteiger partial charge in [-0.25, -0.2) is 9.37 Å². The van der Waals surface area contributed by atoms with Gasteiger partial charge in [0.2, 0.25) is 5.91 Å². The maximum atomic E-state index is 12.8. The number of carbonyl (C=O) groups excluding carboxylic acids is 1. The molecule has 0 spiro atoms. The number of carbonyl (C=O) groups is 1. The second-order valence-electron chi connectivity index (χ2n) is 5.50. The Balaban J connectivity index is 1.50. The van der Waals surface area contributed by atoms with Gasteiger partial charge in [-0.3, -0.25) is 4.79 Å². The van der Waals surface area contributed by atoms with Crippen LogP contribution in [0.5, 0.6) is 0 Å². The van der Waals surface area contributed by atoms with Crippen molar-refractivity contribution in [1.29, 1.82) is 0 Å². The summed E-state index contributed by atoms with van der Waals surface area (Å²) in [5.41, 5.74) is 2.84. The van der Waals surface area contributed by atoms with E-state index in [2.05, 4.69) is 22.4 Å². The summed E-state index contributed by atoms with van der Waals surface area (Å²) in [5.74, 6) is -0.502. The van der Waals surface area contributed by atoms with Gasteiger partial charge in [-0.15, -0.1) is 11.3 Å². The molecular formula is C20H17FN2OS. The standard InChI is InChI=1S/C20H17FN2OS/c21-17-9-6-15(7-10-17)8-11-19(24)22-13-18-14-25-20(23-18)12-16-4-2-1-3-5-16/h1-11,14H,12-13H2,(H,22,24)/b11-8+. The van der Waals surface area contributed by atoms with Gasteiger partial charge in [0.25, 0.3) is 0 Å². The Morgan fingerprint density at radius 3 is 2.64 bits per heavy atom. The number of hydrogen-bond acceptors (Lipinski definition) is 3. The second kappa shape index (κ2) is 8.35. The highest BCUT2D eigenvalue weighted by atomic mass is 32.1. The van der Waals surface area contributed by atoms with Crippen molar-refractivity contribution >= 4 is 23.3 Å². The maximum Gasteiger partial charge on any atom is 0.244 e. The van der Waals surface area contributed by atoms with Crippen LogP contribution in [0.25, 0.3) is 6.08 Å².